The Morgan fingerprint density at radius 2 is 2.10 bits per heavy atom. The number of methoxy groups -OCH3 is 1. The minimum absolute atomic E-state index is 0.000261. The minimum atomic E-state index is -0.553. The molecule has 1 aliphatic rings. The number of halogens is 2. The zero-order valence-electron chi connectivity index (χ0n) is 17.3. The second-order valence-electron chi connectivity index (χ2n) is 8.14. The molecule has 0 saturated carbocycles. The highest BCUT2D eigenvalue weighted by Gasteiger charge is 2.41. The standard InChI is InChI=1S/C20H26BrClN4O3/c1-20(2,3)29-19(27)26-9-8-15(16(26)11-28-5)25(4)17-13-7-6-12(21)10-14(13)23-18(22)24-17/h6-7,10,15-16H,8-9,11H2,1-5H3. The van der Waals surface area contributed by atoms with Gasteiger partial charge in [0.2, 0.25) is 5.28 Å². The van der Waals surface area contributed by atoms with Crippen molar-refractivity contribution in [3.63, 3.8) is 0 Å². The highest BCUT2D eigenvalue weighted by molar-refractivity contribution is 9.10. The van der Waals surface area contributed by atoms with Gasteiger partial charge in [-0.3, -0.25) is 0 Å². The maximum atomic E-state index is 12.7. The average Bonchev–Trinajstić information content (AvgIpc) is 3.02. The van der Waals surface area contributed by atoms with Gasteiger partial charge in [-0.25, -0.2) is 9.78 Å². The first-order chi connectivity index (χ1) is 13.6. The van der Waals surface area contributed by atoms with Crippen molar-refractivity contribution in [1.82, 2.24) is 14.9 Å². The number of anilines is 1. The van der Waals surface area contributed by atoms with Crippen molar-refractivity contribution in [2.24, 2.45) is 0 Å². The van der Waals surface area contributed by atoms with E-state index < -0.39 is 5.60 Å². The first kappa shape index (κ1) is 22.1. The van der Waals surface area contributed by atoms with Gasteiger partial charge in [-0.05, 0) is 57.0 Å². The number of nitrogens with zero attached hydrogens (tertiary/aromatic N) is 4. The van der Waals surface area contributed by atoms with Crippen LogP contribution in [0.3, 0.4) is 0 Å². The Bertz CT molecular complexity index is 900. The number of ether oxygens (including phenoxy) is 2. The molecule has 7 nitrogen and oxygen atoms in total. The molecule has 1 aliphatic heterocycles. The third-order valence-corrected chi connectivity index (χ3v) is 5.58. The van der Waals surface area contributed by atoms with Crippen molar-refractivity contribution in [1.29, 1.82) is 0 Å². The molecule has 0 spiro atoms. The van der Waals surface area contributed by atoms with Gasteiger partial charge in [-0.2, -0.15) is 4.98 Å². The Morgan fingerprint density at radius 3 is 2.76 bits per heavy atom. The topological polar surface area (TPSA) is 67.8 Å². The van der Waals surface area contributed by atoms with E-state index in [1.807, 2.05) is 46.0 Å². The van der Waals surface area contributed by atoms with Crippen molar-refractivity contribution in [3.05, 3.63) is 28.0 Å². The predicted octanol–water partition coefficient (Wildman–Crippen LogP) is 4.51. The van der Waals surface area contributed by atoms with E-state index in [0.29, 0.717) is 13.2 Å². The molecule has 0 aliphatic carbocycles. The van der Waals surface area contributed by atoms with E-state index in [1.165, 1.54) is 0 Å². The number of rotatable bonds is 4. The van der Waals surface area contributed by atoms with Crippen LogP contribution >= 0.6 is 27.5 Å². The van der Waals surface area contributed by atoms with E-state index in [0.717, 1.165) is 27.6 Å². The second kappa shape index (κ2) is 8.62. The van der Waals surface area contributed by atoms with Gasteiger partial charge in [-0.15, -0.1) is 0 Å². The lowest BCUT2D eigenvalue weighted by Crippen LogP contribution is -2.49. The summed E-state index contributed by atoms with van der Waals surface area (Å²) < 4.78 is 12.0. The van der Waals surface area contributed by atoms with Crippen molar-refractivity contribution < 1.29 is 14.3 Å². The molecule has 29 heavy (non-hydrogen) atoms. The smallest absolute Gasteiger partial charge is 0.410 e. The summed E-state index contributed by atoms with van der Waals surface area (Å²) in [5.41, 5.74) is 0.203. The summed E-state index contributed by atoms with van der Waals surface area (Å²) in [4.78, 5) is 25.4. The van der Waals surface area contributed by atoms with Crippen LogP contribution in [0.25, 0.3) is 10.9 Å². The Labute approximate surface area is 184 Å². The van der Waals surface area contributed by atoms with Gasteiger partial charge in [0.05, 0.1) is 24.2 Å². The zero-order valence-corrected chi connectivity index (χ0v) is 19.6. The van der Waals surface area contributed by atoms with Crippen LogP contribution < -0.4 is 4.90 Å². The molecule has 1 aromatic heterocycles. The molecular weight excluding hydrogens is 460 g/mol. The molecule has 0 bridgehead atoms. The van der Waals surface area contributed by atoms with Crippen LogP contribution in [-0.2, 0) is 9.47 Å². The zero-order chi connectivity index (χ0) is 21.3. The number of carbonyl (C=O) groups excluding carboxylic acids is 1. The molecule has 1 saturated heterocycles. The lowest BCUT2D eigenvalue weighted by molar-refractivity contribution is 0.0136. The van der Waals surface area contributed by atoms with Gasteiger partial charge in [0.25, 0.3) is 0 Å². The van der Waals surface area contributed by atoms with Gasteiger partial charge in [0.1, 0.15) is 11.4 Å². The summed E-state index contributed by atoms with van der Waals surface area (Å²) in [6.45, 7) is 6.58. The highest BCUT2D eigenvalue weighted by atomic mass is 79.9. The Balaban J connectivity index is 1.93. The number of aromatic nitrogens is 2. The van der Waals surface area contributed by atoms with Gasteiger partial charge >= 0.3 is 6.09 Å². The Hall–Kier alpha value is -1.64. The number of fused-ring (bicyclic) bond motifs is 1. The quantitative estimate of drug-likeness (QED) is 0.594. The molecule has 9 heteroatoms. The summed E-state index contributed by atoms with van der Waals surface area (Å²) in [6, 6.07) is 5.66. The van der Waals surface area contributed by atoms with E-state index in [4.69, 9.17) is 21.1 Å². The van der Waals surface area contributed by atoms with E-state index >= 15 is 0 Å². The van der Waals surface area contributed by atoms with Crippen LogP contribution in [0.15, 0.2) is 22.7 Å². The van der Waals surface area contributed by atoms with Gasteiger partial charge in [0.15, 0.2) is 0 Å². The summed E-state index contributed by atoms with van der Waals surface area (Å²) >= 11 is 9.67. The van der Waals surface area contributed by atoms with Crippen LogP contribution in [0.1, 0.15) is 27.2 Å². The number of hydrogen-bond acceptors (Lipinski definition) is 6. The van der Waals surface area contributed by atoms with E-state index in [-0.39, 0.29) is 23.5 Å². The van der Waals surface area contributed by atoms with Crippen molar-refractivity contribution in [3.8, 4) is 0 Å². The molecule has 0 N–H and O–H groups in total. The molecule has 2 atom stereocenters. The number of likely N-dealkylation sites (tertiary alicyclic amines) is 1. The third kappa shape index (κ3) is 4.92. The first-order valence-corrected chi connectivity index (χ1v) is 10.6. The fourth-order valence-corrected chi connectivity index (χ4v) is 4.21. The normalized spacial score (nSPS) is 19.6. The van der Waals surface area contributed by atoms with Crippen LogP contribution in [-0.4, -0.2) is 66.0 Å². The number of hydrogen-bond donors (Lipinski definition) is 0. The maximum absolute atomic E-state index is 12.7. The summed E-state index contributed by atoms with van der Waals surface area (Å²) in [5.74, 6) is 0.727. The first-order valence-electron chi connectivity index (χ1n) is 9.45. The Morgan fingerprint density at radius 1 is 1.38 bits per heavy atom. The third-order valence-electron chi connectivity index (χ3n) is 4.92. The minimum Gasteiger partial charge on any atom is -0.444 e. The molecule has 2 heterocycles. The van der Waals surface area contributed by atoms with Crippen LogP contribution in [0, 0.1) is 0 Å². The molecule has 158 valence electrons. The molecular formula is C20H26BrClN4O3. The van der Waals surface area contributed by atoms with Gasteiger partial charge in [-0.1, -0.05) is 15.9 Å². The Kier molecular flexibility index (Phi) is 6.55. The molecule has 2 aromatic rings. The van der Waals surface area contributed by atoms with Crippen molar-refractivity contribution in [2.75, 3.05) is 32.2 Å². The molecule has 1 aromatic carbocycles. The number of benzene rings is 1. The van der Waals surface area contributed by atoms with Gasteiger partial charge < -0.3 is 19.3 Å². The molecule has 1 fully saturated rings. The maximum Gasteiger partial charge on any atom is 0.410 e. The number of likely N-dealkylation sites (N-methyl/N-ethyl adjacent to an activating group) is 1. The van der Waals surface area contributed by atoms with Gasteiger partial charge in [0, 0.05) is 30.6 Å². The predicted molar refractivity (Wildman–Crippen MR) is 118 cm³/mol. The van der Waals surface area contributed by atoms with Crippen LogP contribution in [0.5, 0.6) is 0 Å². The SMILES string of the molecule is COCC1C(N(C)c2nc(Cl)nc3cc(Br)ccc23)CCN1C(=O)OC(C)(C)C. The largest absolute Gasteiger partial charge is 0.444 e. The van der Waals surface area contributed by atoms with E-state index in [1.54, 1.807) is 12.0 Å². The van der Waals surface area contributed by atoms with E-state index in [9.17, 15) is 4.79 Å². The summed E-state index contributed by atoms with van der Waals surface area (Å²) in [5, 5.41) is 1.08. The highest BCUT2D eigenvalue weighted by Crippen LogP contribution is 2.32. The van der Waals surface area contributed by atoms with Crippen LogP contribution in [0.2, 0.25) is 5.28 Å². The number of amides is 1. The lowest BCUT2D eigenvalue weighted by atomic mass is 10.1. The number of carbonyl (C=O) groups is 1. The molecule has 0 radical (unpaired) electrons. The van der Waals surface area contributed by atoms with Crippen LogP contribution in [0.4, 0.5) is 10.6 Å². The monoisotopic (exact) mass is 484 g/mol. The van der Waals surface area contributed by atoms with Crippen molar-refractivity contribution >= 4 is 50.3 Å². The fourth-order valence-electron chi connectivity index (χ4n) is 3.69. The molecule has 1 amide bonds. The van der Waals surface area contributed by atoms with E-state index in [2.05, 4.69) is 30.8 Å². The fraction of sp³-hybridized carbons (Fsp3) is 0.550. The van der Waals surface area contributed by atoms with Crippen molar-refractivity contribution in [2.45, 2.75) is 44.9 Å². The molecule has 2 unspecified atom stereocenters. The summed E-state index contributed by atoms with van der Waals surface area (Å²) in [7, 11) is 3.60. The second-order valence-corrected chi connectivity index (χ2v) is 9.39. The lowest BCUT2D eigenvalue weighted by Gasteiger charge is -2.34. The average molecular weight is 486 g/mol. The molecule has 3 rings (SSSR count). The summed E-state index contributed by atoms with van der Waals surface area (Å²) in [6.07, 6.45) is 0.439.